The molecule has 0 rings (SSSR count). The molecule has 0 fully saturated rings. The smallest absolute Gasteiger partial charge is 0.0540 e. The Hall–Kier alpha value is -0.0800. The molecule has 0 aliphatic carbocycles. The van der Waals surface area contributed by atoms with Crippen molar-refractivity contribution in [2.75, 3.05) is 6.61 Å². The Kier molecular flexibility index (Phi) is 28.9. The molecular weight excluding hydrogens is 392 g/mol. The van der Waals surface area contributed by atoms with Gasteiger partial charge in [-0.15, -0.1) is 0 Å². The fraction of sp³-hybridized carbons (Fsp3) is 1.00. The van der Waals surface area contributed by atoms with E-state index in [4.69, 9.17) is 5.11 Å². The van der Waals surface area contributed by atoms with Gasteiger partial charge in [0.2, 0.25) is 0 Å². The van der Waals surface area contributed by atoms with Crippen LogP contribution in [-0.2, 0) is 0 Å². The molecule has 32 heavy (non-hydrogen) atoms. The second-order valence-electron chi connectivity index (χ2n) is 10.4. The maximum atomic E-state index is 10.2. The first kappa shape index (κ1) is 31.9. The monoisotopic (exact) mass is 454 g/mol. The second-order valence-corrected chi connectivity index (χ2v) is 10.4. The summed E-state index contributed by atoms with van der Waals surface area (Å²) < 4.78 is 0. The molecule has 0 spiro atoms. The number of aliphatic hydroxyl groups excluding tert-OH is 2. The van der Waals surface area contributed by atoms with Crippen molar-refractivity contribution >= 4 is 0 Å². The molecular formula is C30H62O2. The summed E-state index contributed by atoms with van der Waals surface area (Å²) in [5.41, 5.74) is 0. The topological polar surface area (TPSA) is 40.5 Å². The molecule has 0 amide bonds. The highest BCUT2D eigenvalue weighted by atomic mass is 16.3. The third-order valence-electron chi connectivity index (χ3n) is 7.09. The average Bonchev–Trinajstić information content (AvgIpc) is 2.80. The number of hydrogen-bond acceptors (Lipinski definition) is 2. The van der Waals surface area contributed by atoms with Gasteiger partial charge in [0, 0.05) is 6.61 Å². The molecule has 0 saturated carbocycles. The van der Waals surface area contributed by atoms with E-state index in [9.17, 15) is 5.11 Å². The molecule has 1 atom stereocenters. The van der Waals surface area contributed by atoms with Crippen molar-refractivity contribution in [3.63, 3.8) is 0 Å². The van der Waals surface area contributed by atoms with Gasteiger partial charge in [0.15, 0.2) is 0 Å². The quantitative estimate of drug-likeness (QED) is 0.115. The zero-order valence-electron chi connectivity index (χ0n) is 22.3. The minimum Gasteiger partial charge on any atom is -0.396 e. The third-order valence-corrected chi connectivity index (χ3v) is 7.09. The van der Waals surface area contributed by atoms with Crippen molar-refractivity contribution < 1.29 is 10.2 Å². The van der Waals surface area contributed by atoms with Crippen LogP contribution >= 0.6 is 0 Å². The van der Waals surface area contributed by atoms with Crippen molar-refractivity contribution in [1.29, 1.82) is 0 Å². The summed E-state index contributed by atoms with van der Waals surface area (Å²) >= 11 is 0. The summed E-state index contributed by atoms with van der Waals surface area (Å²) in [5.74, 6) is 0. The fourth-order valence-electron chi connectivity index (χ4n) is 4.80. The second kappa shape index (κ2) is 29.0. The summed E-state index contributed by atoms with van der Waals surface area (Å²) in [7, 11) is 0. The van der Waals surface area contributed by atoms with E-state index in [0.29, 0.717) is 6.61 Å². The summed E-state index contributed by atoms with van der Waals surface area (Å²) in [6, 6.07) is 0. The Morgan fingerprint density at radius 3 is 0.906 bits per heavy atom. The Bertz CT molecular complexity index is 318. The van der Waals surface area contributed by atoms with E-state index < -0.39 is 0 Å². The molecule has 0 aromatic carbocycles. The van der Waals surface area contributed by atoms with Gasteiger partial charge in [-0.25, -0.2) is 0 Å². The average molecular weight is 455 g/mol. The van der Waals surface area contributed by atoms with Gasteiger partial charge in [0.25, 0.3) is 0 Å². The Labute approximate surface area is 203 Å². The SMILES string of the molecule is CCCCCCCCCCCCCCCCC(O)CCCCCCCCCCCCCO. The van der Waals surface area contributed by atoms with Gasteiger partial charge < -0.3 is 10.2 Å². The van der Waals surface area contributed by atoms with E-state index in [1.165, 1.54) is 154 Å². The van der Waals surface area contributed by atoms with Crippen LogP contribution in [0.3, 0.4) is 0 Å². The Morgan fingerprint density at radius 2 is 0.625 bits per heavy atom. The molecule has 2 nitrogen and oxygen atoms in total. The lowest BCUT2D eigenvalue weighted by Crippen LogP contribution is -2.05. The predicted octanol–water partition coefficient (Wildman–Crippen LogP) is 9.89. The van der Waals surface area contributed by atoms with Crippen LogP contribution in [0.15, 0.2) is 0 Å². The fourth-order valence-corrected chi connectivity index (χ4v) is 4.80. The molecule has 0 aromatic rings. The van der Waals surface area contributed by atoms with Crippen molar-refractivity contribution in [2.24, 2.45) is 0 Å². The summed E-state index contributed by atoms with van der Waals surface area (Å²) in [6.45, 7) is 2.65. The van der Waals surface area contributed by atoms with Gasteiger partial charge in [-0.05, 0) is 19.3 Å². The minimum atomic E-state index is -0.0498. The van der Waals surface area contributed by atoms with Gasteiger partial charge in [-0.1, -0.05) is 161 Å². The van der Waals surface area contributed by atoms with Crippen LogP contribution in [0.1, 0.15) is 180 Å². The number of aliphatic hydroxyl groups is 2. The molecule has 0 aliphatic rings. The van der Waals surface area contributed by atoms with Gasteiger partial charge in [-0.3, -0.25) is 0 Å². The van der Waals surface area contributed by atoms with E-state index in [1.54, 1.807) is 0 Å². The maximum absolute atomic E-state index is 10.2. The lowest BCUT2D eigenvalue weighted by Gasteiger charge is -2.10. The van der Waals surface area contributed by atoms with Gasteiger partial charge in [0.1, 0.15) is 0 Å². The molecule has 194 valence electrons. The summed E-state index contributed by atoms with van der Waals surface area (Å²) in [6.07, 6.45) is 35.7. The van der Waals surface area contributed by atoms with E-state index in [-0.39, 0.29) is 6.10 Å². The van der Waals surface area contributed by atoms with E-state index in [0.717, 1.165) is 19.3 Å². The van der Waals surface area contributed by atoms with E-state index in [1.807, 2.05) is 0 Å². The molecule has 1 unspecified atom stereocenters. The lowest BCUT2D eigenvalue weighted by atomic mass is 10.0. The van der Waals surface area contributed by atoms with Crippen LogP contribution in [0.5, 0.6) is 0 Å². The first-order valence-corrected chi connectivity index (χ1v) is 15.1. The van der Waals surface area contributed by atoms with Crippen LogP contribution in [0, 0.1) is 0 Å². The Morgan fingerprint density at radius 1 is 0.375 bits per heavy atom. The summed E-state index contributed by atoms with van der Waals surface area (Å²) in [5, 5.41) is 18.9. The van der Waals surface area contributed by atoms with Crippen molar-refractivity contribution in [2.45, 2.75) is 186 Å². The molecule has 2 N–H and O–H groups in total. The standard InChI is InChI=1S/C30H62O2/c1-2-3-4-5-6-7-8-9-10-12-15-18-21-24-27-30(32)28-25-22-19-16-13-11-14-17-20-23-26-29-31/h30-32H,2-29H2,1H3. The maximum Gasteiger partial charge on any atom is 0.0540 e. The van der Waals surface area contributed by atoms with Gasteiger partial charge in [0.05, 0.1) is 6.10 Å². The first-order chi connectivity index (χ1) is 15.8. The molecule has 0 aliphatic heterocycles. The van der Waals surface area contributed by atoms with Crippen LogP contribution in [0.2, 0.25) is 0 Å². The lowest BCUT2D eigenvalue weighted by molar-refractivity contribution is 0.147. The first-order valence-electron chi connectivity index (χ1n) is 15.1. The van der Waals surface area contributed by atoms with E-state index >= 15 is 0 Å². The zero-order valence-corrected chi connectivity index (χ0v) is 22.3. The highest BCUT2D eigenvalue weighted by molar-refractivity contribution is 4.58. The number of unbranched alkanes of at least 4 members (excludes halogenated alkanes) is 23. The largest absolute Gasteiger partial charge is 0.396 e. The Balaban J connectivity index is 3.13. The molecule has 0 saturated heterocycles. The summed E-state index contributed by atoms with van der Waals surface area (Å²) in [4.78, 5) is 0. The van der Waals surface area contributed by atoms with Crippen molar-refractivity contribution in [1.82, 2.24) is 0 Å². The highest BCUT2D eigenvalue weighted by Crippen LogP contribution is 2.16. The van der Waals surface area contributed by atoms with Gasteiger partial charge >= 0.3 is 0 Å². The predicted molar refractivity (Wildman–Crippen MR) is 143 cm³/mol. The van der Waals surface area contributed by atoms with Crippen LogP contribution in [0.4, 0.5) is 0 Å². The molecule has 0 aromatic heterocycles. The minimum absolute atomic E-state index is 0.0498. The normalized spacial score (nSPS) is 12.5. The highest BCUT2D eigenvalue weighted by Gasteiger charge is 2.04. The third kappa shape index (κ3) is 28.0. The number of hydrogen-bond donors (Lipinski definition) is 2. The van der Waals surface area contributed by atoms with Crippen molar-refractivity contribution in [3.05, 3.63) is 0 Å². The molecule has 0 bridgehead atoms. The zero-order chi connectivity index (χ0) is 23.4. The van der Waals surface area contributed by atoms with Crippen LogP contribution in [-0.4, -0.2) is 22.9 Å². The number of rotatable bonds is 28. The van der Waals surface area contributed by atoms with Crippen LogP contribution < -0.4 is 0 Å². The van der Waals surface area contributed by atoms with Gasteiger partial charge in [-0.2, -0.15) is 0 Å². The van der Waals surface area contributed by atoms with Crippen LogP contribution in [0.25, 0.3) is 0 Å². The molecule has 0 heterocycles. The van der Waals surface area contributed by atoms with E-state index in [2.05, 4.69) is 6.92 Å². The molecule has 2 heteroatoms. The molecule has 0 radical (unpaired) electrons. The van der Waals surface area contributed by atoms with Crippen molar-refractivity contribution in [3.8, 4) is 0 Å².